The summed E-state index contributed by atoms with van der Waals surface area (Å²) in [7, 11) is 0. The molecule has 0 aliphatic heterocycles. The van der Waals surface area contributed by atoms with Crippen LogP contribution in [0.15, 0.2) is 23.0 Å². The molecule has 108 valence electrons. The van der Waals surface area contributed by atoms with Gasteiger partial charge < -0.3 is 9.84 Å². The van der Waals surface area contributed by atoms with Crippen LogP contribution in [0.4, 0.5) is 4.39 Å². The van der Waals surface area contributed by atoms with E-state index in [-0.39, 0.29) is 17.3 Å². The number of pyridine rings is 1. The summed E-state index contributed by atoms with van der Waals surface area (Å²) in [6, 6.07) is 1.41. The van der Waals surface area contributed by atoms with Crippen molar-refractivity contribution in [2.75, 3.05) is 0 Å². The fourth-order valence-electron chi connectivity index (χ4n) is 1.66. The lowest BCUT2D eigenvalue weighted by atomic mass is 9.97. The summed E-state index contributed by atoms with van der Waals surface area (Å²) >= 11 is 0. The monoisotopic (exact) mass is 278 g/mol. The zero-order chi connectivity index (χ0) is 14.8. The minimum atomic E-state index is -0.342. The Morgan fingerprint density at radius 3 is 2.70 bits per heavy atom. The lowest BCUT2D eigenvalue weighted by Gasteiger charge is -2.12. The van der Waals surface area contributed by atoms with E-state index in [0.717, 1.165) is 5.56 Å². The van der Waals surface area contributed by atoms with Crippen molar-refractivity contribution in [1.82, 2.24) is 20.4 Å². The molecule has 6 heteroatoms. The number of nitrogens with zero attached hydrogens (tertiary/aromatic N) is 3. The van der Waals surface area contributed by atoms with Crippen LogP contribution in [0.1, 0.15) is 51.0 Å². The third kappa shape index (κ3) is 3.60. The van der Waals surface area contributed by atoms with Crippen molar-refractivity contribution in [3.63, 3.8) is 0 Å². The Labute approximate surface area is 117 Å². The van der Waals surface area contributed by atoms with Crippen molar-refractivity contribution >= 4 is 0 Å². The van der Waals surface area contributed by atoms with Crippen molar-refractivity contribution in [3.05, 3.63) is 41.6 Å². The number of hydrogen-bond donors (Lipinski definition) is 1. The summed E-state index contributed by atoms with van der Waals surface area (Å²) in [4.78, 5) is 8.17. The largest absolute Gasteiger partial charge is 0.339 e. The van der Waals surface area contributed by atoms with Gasteiger partial charge in [-0.3, -0.25) is 4.98 Å². The number of nitrogens with one attached hydrogen (secondary N) is 1. The molecule has 0 unspecified atom stereocenters. The van der Waals surface area contributed by atoms with E-state index in [1.54, 1.807) is 6.20 Å². The fraction of sp³-hybridized carbons (Fsp3) is 0.500. The average Bonchev–Trinajstić information content (AvgIpc) is 2.84. The smallest absolute Gasteiger partial charge is 0.232 e. The van der Waals surface area contributed by atoms with Gasteiger partial charge in [-0.25, -0.2) is 4.39 Å². The standard InChI is InChI=1S/C14H19FN4O/c1-9(10-5-11(15)7-16-6-10)17-8-12-18-13(20-19-12)14(2,3)4/h5-7,9,17H,8H2,1-4H3/t9-/m0/s1. The predicted octanol–water partition coefficient (Wildman–Crippen LogP) is 2.75. The molecule has 1 N–H and O–H groups in total. The van der Waals surface area contributed by atoms with Gasteiger partial charge in [-0.2, -0.15) is 4.98 Å². The fourth-order valence-corrected chi connectivity index (χ4v) is 1.66. The van der Waals surface area contributed by atoms with Gasteiger partial charge in [-0.15, -0.1) is 0 Å². The molecule has 2 heterocycles. The van der Waals surface area contributed by atoms with Gasteiger partial charge in [0.2, 0.25) is 5.89 Å². The SMILES string of the molecule is C[C@H](NCc1noc(C(C)(C)C)n1)c1cncc(F)c1. The first-order valence-electron chi connectivity index (χ1n) is 6.53. The molecule has 0 fully saturated rings. The maximum atomic E-state index is 13.1. The van der Waals surface area contributed by atoms with Crippen LogP contribution in [0.2, 0.25) is 0 Å². The van der Waals surface area contributed by atoms with Crippen LogP contribution in [0, 0.1) is 5.82 Å². The number of aromatic nitrogens is 3. The van der Waals surface area contributed by atoms with Crippen LogP contribution < -0.4 is 5.32 Å². The van der Waals surface area contributed by atoms with Gasteiger partial charge in [0.15, 0.2) is 5.82 Å². The number of hydrogen-bond acceptors (Lipinski definition) is 5. The molecular weight excluding hydrogens is 259 g/mol. The van der Waals surface area contributed by atoms with E-state index >= 15 is 0 Å². The molecule has 1 atom stereocenters. The summed E-state index contributed by atoms with van der Waals surface area (Å²) in [6.07, 6.45) is 2.82. The van der Waals surface area contributed by atoms with E-state index in [1.165, 1.54) is 12.3 Å². The molecule has 0 aromatic carbocycles. The van der Waals surface area contributed by atoms with Crippen LogP contribution in [-0.4, -0.2) is 15.1 Å². The average molecular weight is 278 g/mol. The first-order valence-corrected chi connectivity index (χ1v) is 6.53. The Hall–Kier alpha value is -1.82. The highest BCUT2D eigenvalue weighted by Gasteiger charge is 2.21. The topological polar surface area (TPSA) is 63.8 Å². The first-order chi connectivity index (χ1) is 9.36. The number of halogens is 1. The van der Waals surface area contributed by atoms with E-state index in [1.807, 2.05) is 27.7 Å². The summed E-state index contributed by atoms with van der Waals surface area (Å²) in [5, 5.41) is 7.14. The molecule has 20 heavy (non-hydrogen) atoms. The summed E-state index contributed by atoms with van der Waals surface area (Å²) < 4.78 is 18.3. The molecule has 0 saturated heterocycles. The summed E-state index contributed by atoms with van der Waals surface area (Å²) in [5.41, 5.74) is 0.619. The van der Waals surface area contributed by atoms with Gasteiger partial charge in [-0.1, -0.05) is 25.9 Å². The highest BCUT2D eigenvalue weighted by atomic mass is 19.1. The highest BCUT2D eigenvalue weighted by Crippen LogP contribution is 2.20. The maximum Gasteiger partial charge on any atom is 0.232 e. The van der Waals surface area contributed by atoms with Gasteiger partial charge in [0.1, 0.15) is 5.82 Å². The van der Waals surface area contributed by atoms with Crippen LogP contribution in [-0.2, 0) is 12.0 Å². The van der Waals surface area contributed by atoms with Crippen LogP contribution >= 0.6 is 0 Å². The second kappa shape index (κ2) is 5.66. The van der Waals surface area contributed by atoms with E-state index in [2.05, 4.69) is 20.4 Å². The lowest BCUT2D eigenvalue weighted by Crippen LogP contribution is -2.19. The molecule has 2 aromatic rings. The molecule has 0 amide bonds. The minimum absolute atomic E-state index is 0.0465. The Bertz CT molecular complexity index is 577. The third-order valence-electron chi connectivity index (χ3n) is 2.90. The van der Waals surface area contributed by atoms with Crippen molar-refractivity contribution < 1.29 is 8.91 Å². The van der Waals surface area contributed by atoms with Crippen molar-refractivity contribution in [2.45, 2.75) is 45.7 Å². The van der Waals surface area contributed by atoms with Crippen LogP contribution in [0.3, 0.4) is 0 Å². The van der Waals surface area contributed by atoms with Crippen molar-refractivity contribution in [3.8, 4) is 0 Å². The predicted molar refractivity (Wildman–Crippen MR) is 72.4 cm³/mol. The normalized spacial score (nSPS) is 13.4. The second-order valence-electron chi connectivity index (χ2n) is 5.80. The highest BCUT2D eigenvalue weighted by molar-refractivity contribution is 5.14. The second-order valence-corrected chi connectivity index (χ2v) is 5.80. The molecule has 2 rings (SSSR count). The van der Waals surface area contributed by atoms with Gasteiger partial charge in [0.25, 0.3) is 0 Å². The summed E-state index contributed by atoms with van der Waals surface area (Å²) in [6.45, 7) is 8.43. The van der Waals surface area contributed by atoms with Gasteiger partial charge in [0.05, 0.1) is 12.7 Å². The van der Waals surface area contributed by atoms with Gasteiger partial charge in [0, 0.05) is 17.7 Å². The first kappa shape index (κ1) is 14.6. The van der Waals surface area contributed by atoms with Crippen LogP contribution in [0.25, 0.3) is 0 Å². The van der Waals surface area contributed by atoms with E-state index in [4.69, 9.17) is 4.52 Å². The molecule has 0 spiro atoms. The van der Waals surface area contributed by atoms with Crippen molar-refractivity contribution in [1.29, 1.82) is 0 Å². The molecule has 0 saturated carbocycles. The van der Waals surface area contributed by atoms with E-state index in [0.29, 0.717) is 18.3 Å². The van der Waals surface area contributed by atoms with Gasteiger partial charge in [-0.05, 0) is 18.6 Å². The molecule has 0 bridgehead atoms. The quantitative estimate of drug-likeness (QED) is 0.931. The third-order valence-corrected chi connectivity index (χ3v) is 2.90. The zero-order valence-corrected chi connectivity index (χ0v) is 12.1. The summed E-state index contributed by atoms with van der Waals surface area (Å²) in [5.74, 6) is 0.853. The Balaban J connectivity index is 1.97. The van der Waals surface area contributed by atoms with E-state index < -0.39 is 0 Å². The van der Waals surface area contributed by atoms with Gasteiger partial charge >= 0.3 is 0 Å². The molecule has 5 nitrogen and oxygen atoms in total. The molecular formula is C14H19FN4O. The minimum Gasteiger partial charge on any atom is -0.339 e. The zero-order valence-electron chi connectivity index (χ0n) is 12.1. The lowest BCUT2D eigenvalue weighted by molar-refractivity contribution is 0.317. The Morgan fingerprint density at radius 2 is 2.10 bits per heavy atom. The van der Waals surface area contributed by atoms with Crippen LogP contribution in [0.5, 0.6) is 0 Å². The maximum absolute atomic E-state index is 13.1. The molecule has 0 aliphatic carbocycles. The Kier molecular flexibility index (Phi) is 4.13. The number of rotatable bonds is 4. The molecule has 0 aliphatic rings. The Morgan fingerprint density at radius 1 is 1.35 bits per heavy atom. The molecule has 2 aromatic heterocycles. The molecule has 0 radical (unpaired) electrons. The van der Waals surface area contributed by atoms with Crippen molar-refractivity contribution in [2.24, 2.45) is 0 Å². The van der Waals surface area contributed by atoms with E-state index in [9.17, 15) is 4.39 Å².